The summed E-state index contributed by atoms with van der Waals surface area (Å²) in [4.78, 5) is 28.5. The molecule has 0 fully saturated rings. The summed E-state index contributed by atoms with van der Waals surface area (Å²) in [7, 11) is 1.21. The molecule has 1 aromatic heterocycles. The average molecular weight is 198 g/mol. The van der Waals surface area contributed by atoms with Crippen LogP contribution in [0.5, 0.6) is 0 Å². The molecule has 1 aromatic rings. The fourth-order valence-corrected chi connectivity index (χ4v) is 0.896. The van der Waals surface area contributed by atoms with Gasteiger partial charge in [0.25, 0.3) is 5.56 Å². The number of anilines is 1. The number of nitrogens with one attached hydrogen (secondary N) is 2. The lowest BCUT2D eigenvalue weighted by Gasteiger charge is -2.04. The van der Waals surface area contributed by atoms with Crippen molar-refractivity contribution in [2.75, 3.05) is 12.5 Å². The summed E-state index contributed by atoms with van der Waals surface area (Å²) in [6.45, 7) is 1.47. The number of hydrogen-bond acceptors (Lipinski definition) is 6. The van der Waals surface area contributed by atoms with Gasteiger partial charge in [-0.3, -0.25) is 15.2 Å². The number of carbonyl (C=O) groups is 1. The van der Waals surface area contributed by atoms with E-state index in [0.717, 1.165) is 0 Å². The molecule has 7 nitrogen and oxygen atoms in total. The standard InChI is InChI=1S/C7H10N4O3/c1-3-4(6(13)14-2)9-7(11-8)10-5(3)12/h8H2,1-2H3,(H2,9,10,11,12). The Bertz CT molecular complexity index is 412. The molecule has 1 heterocycles. The first kappa shape index (κ1) is 10.2. The molecule has 0 unspecified atom stereocenters. The number of ether oxygens (including phenoxy) is 1. The minimum atomic E-state index is -0.676. The fourth-order valence-electron chi connectivity index (χ4n) is 0.896. The second-order valence-corrected chi connectivity index (χ2v) is 2.52. The van der Waals surface area contributed by atoms with E-state index in [4.69, 9.17) is 5.84 Å². The van der Waals surface area contributed by atoms with E-state index in [9.17, 15) is 9.59 Å². The molecule has 0 atom stereocenters. The van der Waals surface area contributed by atoms with Crippen molar-refractivity contribution in [3.63, 3.8) is 0 Å². The van der Waals surface area contributed by atoms with Gasteiger partial charge in [-0.25, -0.2) is 15.6 Å². The molecule has 0 spiro atoms. The smallest absolute Gasteiger partial charge is 0.357 e. The number of aromatic amines is 1. The lowest BCUT2D eigenvalue weighted by atomic mass is 10.2. The molecule has 0 saturated carbocycles. The number of carbonyl (C=O) groups excluding carboxylic acids is 1. The van der Waals surface area contributed by atoms with Crippen LogP contribution < -0.4 is 16.8 Å². The van der Waals surface area contributed by atoms with Crippen molar-refractivity contribution in [3.8, 4) is 0 Å². The number of methoxy groups -OCH3 is 1. The van der Waals surface area contributed by atoms with E-state index in [-0.39, 0.29) is 17.2 Å². The normalized spacial score (nSPS) is 9.64. The Morgan fingerprint density at radius 2 is 2.29 bits per heavy atom. The predicted octanol–water partition coefficient (Wildman–Crippen LogP) is -0.849. The minimum absolute atomic E-state index is 0.0148. The number of aromatic nitrogens is 2. The van der Waals surface area contributed by atoms with Crippen molar-refractivity contribution >= 4 is 11.9 Å². The van der Waals surface area contributed by atoms with Gasteiger partial charge in [0.2, 0.25) is 5.95 Å². The minimum Gasteiger partial charge on any atom is -0.464 e. The van der Waals surface area contributed by atoms with E-state index in [0.29, 0.717) is 0 Å². The summed E-state index contributed by atoms with van der Waals surface area (Å²) in [6, 6.07) is 0. The molecule has 0 aliphatic heterocycles. The van der Waals surface area contributed by atoms with Crippen LogP contribution in [0, 0.1) is 6.92 Å². The number of nitrogens with zero attached hydrogens (tertiary/aromatic N) is 1. The van der Waals surface area contributed by atoms with E-state index < -0.39 is 11.5 Å². The Morgan fingerprint density at radius 3 is 2.79 bits per heavy atom. The van der Waals surface area contributed by atoms with Gasteiger partial charge in [-0.15, -0.1) is 0 Å². The highest BCUT2D eigenvalue weighted by Gasteiger charge is 2.14. The fraction of sp³-hybridized carbons (Fsp3) is 0.286. The highest BCUT2D eigenvalue weighted by Crippen LogP contribution is 2.02. The Kier molecular flexibility index (Phi) is 2.82. The van der Waals surface area contributed by atoms with Crippen LogP contribution in [-0.2, 0) is 4.74 Å². The first-order valence-electron chi connectivity index (χ1n) is 3.76. The zero-order valence-electron chi connectivity index (χ0n) is 7.75. The summed E-state index contributed by atoms with van der Waals surface area (Å²) in [5.41, 5.74) is 1.84. The molecule has 4 N–H and O–H groups in total. The van der Waals surface area contributed by atoms with Crippen LogP contribution in [0.4, 0.5) is 5.95 Å². The first-order valence-corrected chi connectivity index (χ1v) is 3.76. The molecule has 76 valence electrons. The molecule has 1 rings (SSSR count). The Hall–Kier alpha value is -1.89. The van der Waals surface area contributed by atoms with Crippen molar-refractivity contribution in [1.82, 2.24) is 9.97 Å². The molecule has 7 heteroatoms. The van der Waals surface area contributed by atoms with Gasteiger partial charge in [0.05, 0.1) is 7.11 Å². The second kappa shape index (κ2) is 3.88. The maximum absolute atomic E-state index is 11.2. The summed E-state index contributed by atoms with van der Waals surface area (Å²) < 4.78 is 4.45. The number of rotatable bonds is 2. The van der Waals surface area contributed by atoms with Gasteiger partial charge in [-0.05, 0) is 6.92 Å². The SMILES string of the molecule is COC(=O)c1nc(NN)[nH]c(=O)c1C. The zero-order chi connectivity index (χ0) is 10.7. The molecule has 0 saturated heterocycles. The molecule has 0 aromatic carbocycles. The third kappa shape index (κ3) is 1.72. The van der Waals surface area contributed by atoms with Gasteiger partial charge >= 0.3 is 5.97 Å². The van der Waals surface area contributed by atoms with Crippen molar-refractivity contribution in [2.45, 2.75) is 6.92 Å². The van der Waals surface area contributed by atoms with Crippen molar-refractivity contribution in [2.24, 2.45) is 5.84 Å². The van der Waals surface area contributed by atoms with Crippen molar-refractivity contribution < 1.29 is 9.53 Å². The van der Waals surface area contributed by atoms with Gasteiger partial charge in [-0.1, -0.05) is 0 Å². The number of hydrogen-bond donors (Lipinski definition) is 3. The number of nitrogens with two attached hydrogens (primary N) is 1. The van der Waals surface area contributed by atoms with Crippen LogP contribution in [0.1, 0.15) is 16.1 Å². The molecule has 14 heavy (non-hydrogen) atoms. The lowest BCUT2D eigenvalue weighted by molar-refractivity contribution is 0.0593. The van der Waals surface area contributed by atoms with Crippen LogP contribution in [0.25, 0.3) is 0 Å². The van der Waals surface area contributed by atoms with E-state index in [1.807, 2.05) is 0 Å². The molecule has 0 bridgehead atoms. The lowest BCUT2D eigenvalue weighted by Crippen LogP contribution is -2.23. The molecule has 0 aliphatic rings. The summed E-state index contributed by atoms with van der Waals surface area (Å²) in [5, 5.41) is 0. The zero-order valence-corrected chi connectivity index (χ0v) is 7.75. The Morgan fingerprint density at radius 1 is 1.64 bits per heavy atom. The number of hydrazine groups is 1. The molecule has 0 aliphatic carbocycles. The molecular weight excluding hydrogens is 188 g/mol. The highest BCUT2D eigenvalue weighted by atomic mass is 16.5. The highest BCUT2D eigenvalue weighted by molar-refractivity contribution is 5.88. The monoisotopic (exact) mass is 198 g/mol. The topological polar surface area (TPSA) is 110 Å². The number of nitrogen functional groups attached to an aromatic ring is 1. The van der Waals surface area contributed by atoms with Gasteiger partial charge in [0.1, 0.15) is 0 Å². The third-order valence-electron chi connectivity index (χ3n) is 1.67. The van der Waals surface area contributed by atoms with E-state index >= 15 is 0 Å². The third-order valence-corrected chi connectivity index (χ3v) is 1.67. The van der Waals surface area contributed by atoms with Gasteiger partial charge < -0.3 is 4.74 Å². The van der Waals surface area contributed by atoms with Crippen molar-refractivity contribution in [3.05, 3.63) is 21.6 Å². The van der Waals surface area contributed by atoms with Crippen LogP contribution in [0.3, 0.4) is 0 Å². The van der Waals surface area contributed by atoms with E-state index in [1.165, 1.54) is 14.0 Å². The molecular formula is C7H10N4O3. The number of esters is 1. The molecule has 0 amide bonds. The largest absolute Gasteiger partial charge is 0.464 e. The Labute approximate surface area is 79.3 Å². The predicted molar refractivity (Wildman–Crippen MR) is 48.7 cm³/mol. The number of H-pyrrole nitrogens is 1. The molecule has 0 radical (unpaired) electrons. The Balaban J connectivity index is 3.34. The first-order chi connectivity index (χ1) is 6.60. The van der Waals surface area contributed by atoms with Crippen LogP contribution in [0.15, 0.2) is 4.79 Å². The maximum atomic E-state index is 11.2. The van der Waals surface area contributed by atoms with Crippen LogP contribution >= 0.6 is 0 Å². The summed E-state index contributed by atoms with van der Waals surface area (Å²) in [6.07, 6.45) is 0. The van der Waals surface area contributed by atoms with Gasteiger partial charge in [0.15, 0.2) is 5.69 Å². The summed E-state index contributed by atoms with van der Waals surface area (Å²) in [5.74, 6) is 4.38. The van der Waals surface area contributed by atoms with E-state index in [1.54, 1.807) is 0 Å². The quantitative estimate of drug-likeness (QED) is 0.324. The summed E-state index contributed by atoms with van der Waals surface area (Å²) >= 11 is 0. The maximum Gasteiger partial charge on any atom is 0.357 e. The van der Waals surface area contributed by atoms with Gasteiger partial charge in [-0.2, -0.15) is 0 Å². The van der Waals surface area contributed by atoms with Crippen LogP contribution in [0.2, 0.25) is 0 Å². The van der Waals surface area contributed by atoms with Gasteiger partial charge in [0, 0.05) is 5.56 Å². The second-order valence-electron chi connectivity index (χ2n) is 2.52. The van der Waals surface area contributed by atoms with Crippen molar-refractivity contribution in [1.29, 1.82) is 0 Å². The van der Waals surface area contributed by atoms with E-state index in [2.05, 4.69) is 20.1 Å². The average Bonchev–Trinajstić information content (AvgIpc) is 2.20. The van der Waals surface area contributed by atoms with Crippen LogP contribution in [-0.4, -0.2) is 23.0 Å².